The number of amides is 1. The zero-order chi connectivity index (χ0) is 19.1. The molecule has 2 aromatic rings. The van der Waals surface area contributed by atoms with Crippen molar-refractivity contribution in [3.63, 3.8) is 0 Å². The van der Waals surface area contributed by atoms with E-state index in [-0.39, 0.29) is 18.5 Å². The maximum absolute atomic E-state index is 13.2. The molecule has 0 spiro atoms. The number of carbonyl (C=O) groups excluding carboxylic acids is 2. The smallest absolute Gasteiger partial charge is 0.338 e. The van der Waals surface area contributed by atoms with E-state index in [1.807, 2.05) is 6.07 Å². The van der Waals surface area contributed by atoms with Crippen LogP contribution in [0.4, 0.5) is 10.1 Å². The molecule has 0 aliphatic carbocycles. The van der Waals surface area contributed by atoms with Crippen molar-refractivity contribution >= 4 is 29.2 Å². The summed E-state index contributed by atoms with van der Waals surface area (Å²) >= 11 is 6.00. The Morgan fingerprint density at radius 2 is 2.04 bits per heavy atom. The second kappa shape index (κ2) is 8.97. The Morgan fingerprint density at radius 1 is 1.27 bits per heavy atom. The number of benzene rings is 2. The number of esters is 1. The molecule has 0 bridgehead atoms. The highest BCUT2D eigenvalue weighted by atomic mass is 35.5. The van der Waals surface area contributed by atoms with Gasteiger partial charge in [-0.05, 0) is 48.9 Å². The van der Waals surface area contributed by atoms with Crippen molar-refractivity contribution in [1.82, 2.24) is 0 Å². The molecule has 0 heterocycles. The maximum atomic E-state index is 13.2. The first-order chi connectivity index (χ1) is 12.4. The van der Waals surface area contributed by atoms with Crippen LogP contribution in [0.5, 0.6) is 0 Å². The Bertz CT molecular complexity index is 864. The lowest BCUT2D eigenvalue weighted by Gasteiger charge is -2.22. The first-order valence-electron chi connectivity index (χ1n) is 7.78. The summed E-state index contributed by atoms with van der Waals surface area (Å²) in [4.78, 5) is 25.8. The summed E-state index contributed by atoms with van der Waals surface area (Å²) in [6.45, 7) is 1.42. The second-order valence-electron chi connectivity index (χ2n) is 5.47. The van der Waals surface area contributed by atoms with Gasteiger partial charge in [0.1, 0.15) is 5.82 Å². The zero-order valence-electron chi connectivity index (χ0n) is 14.0. The third-order valence-electron chi connectivity index (χ3n) is 3.59. The van der Waals surface area contributed by atoms with Crippen molar-refractivity contribution in [3.05, 3.63) is 64.4 Å². The third kappa shape index (κ3) is 5.04. The van der Waals surface area contributed by atoms with E-state index in [1.165, 1.54) is 23.1 Å². The SMILES string of the molecule is Cc1cc(N(CCC#N)C(=O)COC(=O)c2cccc(F)c2)ccc1Cl. The third-order valence-corrected chi connectivity index (χ3v) is 4.01. The van der Waals surface area contributed by atoms with Crippen LogP contribution in [0.2, 0.25) is 5.02 Å². The molecule has 0 aromatic heterocycles. The molecule has 5 nitrogen and oxygen atoms in total. The molecule has 134 valence electrons. The normalized spacial score (nSPS) is 10.1. The Morgan fingerprint density at radius 3 is 2.69 bits per heavy atom. The zero-order valence-corrected chi connectivity index (χ0v) is 14.8. The largest absolute Gasteiger partial charge is 0.452 e. The fourth-order valence-corrected chi connectivity index (χ4v) is 2.38. The minimum absolute atomic E-state index is 0.0173. The summed E-state index contributed by atoms with van der Waals surface area (Å²) in [6.07, 6.45) is 0.116. The topological polar surface area (TPSA) is 70.4 Å². The summed E-state index contributed by atoms with van der Waals surface area (Å²) in [5.41, 5.74) is 1.34. The van der Waals surface area contributed by atoms with Crippen molar-refractivity contribution < 1.29 is 18.7 Å². The number of rotatable bonds is 6. The van der Waals surface area contributed by atoms with E-state index in [2.05, 4.69) is 0 Å². The van der Waals surface area contributed by atoms with Gasteiger partial charge in [0.2, 0.25) is 0 Å². The lowest BCUT2D eigenvalue weighted by atomic mass is 10.2. The molecular weight excluding hydrogens is 359 g/mol. The summed E-state index contributed by atoms with van der Waals surface area (Å²) in [5, 5.41) is 9.36. The van der Waals surface area contributed by atoms with Gasteiger partial charge in [-0.25, -0.2) is 9.18 Å². The van der Waals surface area contributed by atoms with Crippen LogP contribution in [0.25, 0.3) is 0 Å². The van der Waals surface area contributed by atoms with Gasteiger partial charge in [-0.15, -0.1) is 0 Å². The van der Waals surface area contributed by atoms with E-state index >= 15 is 0 Å². The quantitative estimate of drug-likeness (QED) is 0.719. The molecule has 26 heavy (non-hydrogen) atoms. The van der Waals surface area contributed by atoms with Gasteiger partial charge in [-0.1, -0.05) is 17.7 Å². The second-order valence-corrected chi connectivity index (χ2v) is 5.88. The van der Waals surface area contributed by atoms with Crippen LogP contribution in [0.3, 0.4) is 0 Å². The molecule has 0 fully saturated rings. The highest BCUT2D eigenvalue weighted by Gasteiger charge is 2.19. The van der Waals surface area contributed by atoms with Gasteiger partial charge in [0.25, 0.3) is 5.91 Å². The van der Waals surface area contributed by atoms with Crippen LogP contribution in [0.15, 0.2) is 42.5 Å². The molecule has 0 atom stereocenters. The van der Waals surface area contributed by atoms with Gasteiger partial charge in [0, 0.05) is 17.3 Å². The molecule has 0 radical (unpaired) electrons. The van der Waals surface area contributed by atoms with Crippen LogP contribution in [-0.4, -0.2) is 25.0 Å². The number of hydrogen-bond acceptors (Lipinski definition) is 4. The standard InChI is InChI=1S/C19H16ClFN2O3/c1-13-10-16(6-7-17(13)20)23(9-3-8-22)18(24)12-26-19(25)14-4-2-5-15(21)11-14/h2,4-7,10-11H,3,9,12H2,1H3. The van der Waals surface area contributed by atoms with Gasteiger partial charge in [-0.2, -0.15) is 5.26 Å². The lowest BCUT2D eigenvalue weighted by molar-refractivity contribution is -0.121. The van der Waals surface area contributed by atoms with Gasteiger partial charge < -0.3 is 9.64 Å². The first-order valence-corrected chi connectivity index (χ1v) is 8.16. The van der Waals surface area contributed by atoms with Gasteiger partial charge in [-0.3, -0.25) is 4.79 Å². The minimum atomic E-state index is -0.801. The number of aryl methyl sites for hydroxylation is 1. The predicted molar refractivity (Wildman–Crippen MR) is 95.5 cm³/mol. The molecule has 2 rings (SSSR count). The lowest BCUT2D eigenvalue weighted by Crippen LogP contribution is -2.35. The number of hydrogen-bond donors (Lipinski definition) is 0. The van der Waals surface area contributed by atoms with Crippen LogP contribution >= 0.6 is 11.6 Å². The van der Waals surface area contributed by atoms with E-state index in [4.69, 9.17) is 21.6 Å². The average Bonchev–Trinajstić information content (AvgIpc) is 2.62. The van der Waals surface area contributed by atoms with E-state index in [0.29, 0.717) is 10.7 Å². The Kier molecular flexibility index (Phi) is 6.70. The van der Waals surface area contributed by atoms with E-state index in [0.717, 1.165) is 11.6 Å². The number of nitrogens with zero attached hydrogens (tertiary/aromatic N) is 2. The molecule has 1 amide bonds. The molecular formula is C19H16ClFN2O3. The Balaban J connectivity index is 2.10. The fraction of sp³-hybridized carbons (Fsp3) is 0.211. The molecule has 7 heteroatoms. The Hall–Kier alpha value is -2.91. The summed E-state index contributed by atoms with van der Waals surface area (Å²) in [6, 6.07) is 12.0. The molecule has 0 aliphatic heterocycles. The minimum Gasteiger partial charge on any atom is -0.452 e. The number of carbonyl (C=O) groups is 2. The number of halogens is 2. The van der Waals surface area contributed by atoms with Gasteiger partial charge >= 0.3 is 5.97 Å². The first kappa shape index (κ1) is 19.4. The van der Waals surface area contributed by atoms with Gasteiger partial charge in [0.05, 0.1) is 18.1 Å². The average molecular weight is 375 g/mol. The molecule has 0 aliphatic rings. The van der Waals surface area contributed by atoms with Crippen LogP contribution < -0.4 is 4.90 Å². The van der Waals surface area contributed by atoms with Crippen LogP contribution in [0, 0.1) is 24.1 Å². The predicted octanol–water partition coefficient (Wildman–Crippen LogP) is 3.89. The van der Waals surface area contributed by atoms with Crippen molar-refractivity contribution in [1.29, 1.82) is 5.26 Å². The van der Waals surface area contributed by atoms with Crippen LogP contribution in [0.1, 0.15) is 22.3 Å². The van der Waals surface area contributed by atoms with E-state index < -0.39 is 24.3 Å². The van der Waals surface area contributed by atoms with Crippen molar-refractivity contribution in [2.75, 3.05) is 18.1 Å². The van der Waals surface area contributed by atoms with Crippen molar-refractivity contribution in [2.24, 2.45) is 0 Å². The van der Waals surface area contributed by atoms with E-state index in [1.54, 1.807) is 25.1 Å². The molecule has 0 unspecified atom stereocenters. The summed E-state index contributed by atoms with van der Waals surface area (Å²) in [7, 11) is 0. The number of nitriles is 1. The molecule has 2 aromatic carbocycles. The van der Waals surface area contributed by atoms with Gasteiger partial charge in [0.15, 0.2) is 6.61 Å². The van der Waals surface area contributed by atoms with Crippen molar-refractivity contribution in [3.8, 4) is 6.07 Å². The number of anilines is 1. The maximum Gasteiger partial charge on any atom is 0.338 e. The number of ether oxygens (including phenoxy) is 1. The summed E-state index contributed by atoms with van der Waals surface area (Å²) < 4.78 is 18.1. The molecule has 0 saturated heterocycles. The molecule has 0 N–H and O–H groups in total. The summed E-state index contributed by atoms with van der Waals surface area (Å²) in [5.74, 6) is -1.87. The van der Waals surface area contributed by atoms with Crippen LogP contribution in [-0.2, 0) is 9.53 Å². The highest BCUT2D eigenvalue weighted by Crippen LogP contribution is 2.23. The Labute approximate surface area is 155 Å². The van der Waals surface area contributed by atoms with E-state index in [9.17, 15) is 14.0 Å². The van der Waals surface area contributed by atoms with Crippen molar-refractivity contribution in [2.45, 2.75) is 13.3 Å². The molecule has 0 saturated carbocycles. The monoisotopic (exact) mass is 374 g/mol. The fourth-order valence-electron chi connectivity index (χ4n) is 2.26. The highest BCUT2D eigenvalue weighted by molar-refractivity contribution is 6.31.